The molecule has 322 valence electrons. The molecule has 6 atom stereocenters. The van der Waals surface area contributed by atoms with Crippen molar-refractivity contribution in [1.82, 2.24) is 15.5 Å². The second-order valence-electron chi connectivity index (χ2n) is 16.4. The number of ketones is 4. The summed E-state index contributed by atoms with van der Waals surface area (Å²) in [5.74, 6) is -4.88. The number of likely N-dealkylation sites (N-methyl/N-ethyl adjacent to an activating group) is 1. The van der Waals surface area contributed by atoms with Crippen molar-refractivity contribution in [1.29, 1.82) is 0 Å². The first-order valence-electron chi connectivity index (χ1n) is 21.3. The lowest BCUT2D eigenvalue weighted by Gasteiger charge is -2.30. The molecule has 5 N–H and O–H groups in total. The van der Waals surface area contributed by atoms with Crippen LogP contribution in [0, 0.1) is 17.8 Å². The first-order valence-corrected chi connectivity index (χ1v) is 21.3. The van der Waals surface area contributed by atoms with Gasteiger partial charge in [-0.3, -0.25) is 33.6 Å². The minimum atomic E-state index is -1.29. The molecule has 0 heterocycles. The highest BCUT2D eigenvalue weighted by Gasteiger charge is 2.34. The number of rotatable bonds is 34. The van der Waals surface area contributed by atoms with Crippen LogP contribution >= 0.6 is 0 Å². The zero-order valence-electron chi connectivity index (χ0n) is 35.9. The molecule has 1 unspecified atom stereocenters. The number of Topliss-reactive ketones (excluding diaryl/α,β-unsaturated/α-hetero) is 4. The van der Waals surface area contributed by atoms with E-state index in [4.69, 9.17) is 0 Å². The Balaban J connectivity index is 4.93. The second-order valence-corrected chi connectivity index (χ2v) is 16.4. The third kappa shape index (κ3) is 23.3. The van der Waals surface area contributed by atoms with Gasteiger partial charge in [0, 0.05) is 51.5 Å². The Morgan fingerprint density at radius 1 is 0.679 bits per heavy atom. The largest absolute Gasteiger partial charge is 0.451 e. The van der Waals surface area contributed by atoms with Crippen LogP contribution in [0.4, 0.5) is 0 Å². The Kier molecular flexibility index (Phi) is 28.6. The minimum absolute atomic E-state index is 0.0943. The van der Waals surface area contributed by atoms with Gasteiger partial charge >= 0.3 is 0 Å². The molecule has 14 heteroatoms. The number of nitrogens with one attached hydrogen (secondary N) is 2. The predicted octanol–water partition coefficient (Wildman–Crippen LogP) is 5.02. The van der Waals surface area contributed by atoms with E-state index in [0.717, 1.165) is 30.6 Å². The maximum absolute atomic E-state index is 13.3. The first kappa shape index (κ1) is 53.0. The molecule has 0 saturated carbocycles. The van der Waals surface area contributed by atoms with E-state index in [1.54, 1.807) is 6.82 Å². The van der Waals surface area contributed by atoms with Crippen LogP contribution in [0.2, 0.25) is 13.1 Å². The van der Waals surface area contributed by atoms with Gasteiger partial charge in [0.25, 0.3) is 6.92 Å². The molecule has 3 amide bonds. The van der Waals surface area contributed by atoms with Gasteiger partial charge in [0.05, 0.1) is 30.7 Å². The number of hydrogen-bond acceptors (Lipinski definition) is 10. The number of unbranched alkanes of at least 4 members (excludes halogenated alkanes) is 10. The third-order valence-corrected chi connectivity index (χ3v) is 10.3. The van der Waals surface area contributed by atoms with Crippen molar-refractivity contribution in [2.75, 3.05) is 13.7 Å². The highest BCUT2D eigenvalue weighted by molar-refractivity contribution is 6.48. The van der Waals surface area contributed by atoms with E-state index in [1.165, 1.54) is 72.8 Å². The van der Waals surface area contributed by atoms with Crippen molar-refractivity contribution in [2.24, 2.45) is 17.8 Å². The van der Waals surface area contributed by atoms with Crippen LogP contribution in [0.15, 0.2) is 0 Å². The molecule has 0 radical (unpaired) electrons. The number of amides is 3. The van der Waals surface area contributed by atoms with Gasteiger partial charge in [-0.2, -0.15) is 0 Å². The molecule has 0 aliphatic rings. The number of hydrogen-bond donors (Lipinski definition) is 5. The molecule has 0 aliphatic heterocycles. The van der Waals surface area contributed by atoms with Crippen LogP contribution in [0.5, 0.6) is 0 Å². The van der Waals surface area contributed by atoms with E-state index in [1.807, 2.05) is 13.8 Å². The molecule has 0 aromatic carbocycles. The molecule has 0 aromatic heterocycles. The van der Waals surface area contributed by atoms with Gasteiger partial charge in [-0.1, -0.05) is 98.7 Å². The quantitative estimate of drug-likeness (QED) is 0.0435. The fourth-order valence-electron chi connectivity index (χ4n) is 6.70. The van der Waals surface area contributed by atoms with Gasteiger partial charge in [0.1, 0.15) is 11.8 Å². The lowest BCUT2D eigenvalue weighted by molar-refractivity contribution is -0.143. The van der Waals surface area contributed by atoms with Crippen LogP contribution in [0.25, 0.3) is 0 Å². The summed E-state index contributed by atoms with van der Waals surface area (Å²) in [5, 5.41) is 35.1. The van der Waals surface area contributed by atoms with Crippen molar-refractivity contribution in [3.63, 3.8) is 0 Å². The molecule has 56 heavy (non-hydrogen) atoms. The Morgan fingerprint density at radius 3 is 1.73 bits per heavy atom. The van der Waals surface area contributed by atoms with Crippen molar-refractivity contribution >= 4 is 47.8 Å². The summed E-state index contributed by atoms with van der Waals surface area (Å²) >= 11 is 0. The van der Waals surface area contributed by atoms with E-state index in [9.17, 15) is 48.8 Å². The number of carbonyl (C=O) groups is 7. The molecule has 0 rings (SSSR count). The van der Waals surface area contributed by atoms with Gasteiger partial charge in [-0.15, -0.1) is 0 Å². The van der Waals surface area contributed by atoms with Gasteiger partial charge in [0.15, 0.2) is 17.3 Å². The number of nitrogens with zero attached hydrogens (tertiary/aromatic N) is 1. The topological polar surface area (TPSA) is 207 Å². The summed E-state index contributed by atoms with van der Waals surface area (Å²) in [6.07, 6.45) is 11.5. The predicted molar refractivity (Wildman–Crippen MR) is 220 cm³/mol. The number of aliphatic hydroxyl groups is 2. The monoisotopic (exact) mass is 794 g/mol. The minimum Gasteiger partial charge on any atom is -0.451 e. The van der Waals surface area contributed by atoms with E-state index in [-0.39, 0.29) is 55.9 Å². The maximum Gasteiger partial charge on any atom is 0.286 e. The first-order chi connectivity index (χ1) is 26.4. The van der Waals surface area contributed by atoms with Crippen LogP contribution < -0.4 is 10.6 Å². The summed E-state index contributed by atoms with van der Waals surface area (Å²) < 4.78 is 0. The summed E-state index contributed by atoms with van der Waals surface area (Å²) in [6.45, 7) is 10.7. The van der Waals surface area contributed by atoms with Gasteiger partial charge in [0.2, 0.25) is 17.7 Å². The molecule has 0 spiro atoms. The highest BCUT2D eigenvalue weighted by atomic mass is 16.3. The van der Waals surface area contributed by atoms with Gasteiger partial charge in [-0.05, 0) is 38.9 Å². The van der Waals surface area contributed by atoms with Gasteiger partial charge < -0.3 is 30.8 Å². The van der Waals surface area contributed by atoms with Gasteiger partial charge in [-0.25, -0.2) is 0 Å². The van der Waals surface area contributed by atoms with Crippen molar-refractivity contribution in [3.8, 4) is 0 Å². The average molecular weight is 794 g/mol. The van der Waals surface area contributed by atoms with E-state index in [0.29, 0.717) is 12.8 Å². The lowest BCUT2D eigenvalue weighted by atomic mass is 9.66. The SMILES string of the molecule is CCCCCCCCCCCCCC(=O)C[C@H](CO)C(=O)N[C@H](C)C(=O)CCC(=O)N(C)[C@H](C(=O)C[C@@H](C)C(=O)N[C@@H](CC(C)C)C(=O)CCB(C)O)C(C)O. The highest BCUT2D eigenvalue weighted by Crippen LogP contribution is 2.17. The molecule has 0 fully saturated rings. The second kappa shape index (κ2) is 30.2. The number of aliphatic hydroxyl groups excluding tert-OH is 2. The Labute approximate surface area is 337 Å². The third-order valence-electron chi connectivity index (χ3n) is 10.3. The molecule has 13 nitrogen and oxygen atoms in total. The van der Waals surface area contributed by atoms with Crippen LogP contribution in [-0.2, 0) is 33.6 Å². The molecule has 0 aliphatic carbocycles. The zero-order valence-corrected chi connectivity index (χ0v) is 35.9. The smallest absolute Gasteiger partial charge is 0.286 e. The van der Waals surface area contributed by atoms with E-state index >= 15 is 0 Å². The fraction of sp³-hybridized carbons (Fsp3) is 0.833. The Morgan fingerprint density at radius 2 is 1.23 bits per heavy atom. The average Bonchev–Trinajstić information content (AvgIpc) is 3.12. The summed E-state index contributed by atoms with van der Waals surface area (Å²) in [7, 11) is 1.33. The summed E-state index contributed by atoms with van der Waals surface area (Å²) in [5.41, 5.74) is 0. The lowest BCUT2D eigenvalue weighted by Crippen LogP contribution is -2.50. The number of carbonyl (C=O) groups excluding carboxylic acids is 7. The summed E-state index contributed by atoms with van der Waals surface area (Å²) in [6, 6.07) is -3.07. The maximum atomic E-state index is 13.3. The fourth-order valence-corrected chi connectivity index (χ4v) is 6.70. The molecule has 0 saturated heterocycles. The Hall–Kier alpha value is -2.97. The van der Waals surface area contributed by atoms with E-state index in [2.05, 4.69) is 17.6 Å². The molecule has 0 aromatic rings. The molecule has 0 bridgehead atoms. The van der Waals surface area contributed by atoms with Crippen LogP contribution in [0.3, 0.4) is 0 Å². The normalized spacial score (nSPS) is 14.6. The van der Waals surface area contributed by atoms with Crippen molar-refractivity contribution < 1.29 is 48.8 Å². The molecular formula is C42H76BN3O10. The summed E-state index contributed by atoms with van der Waals surface area (Å²) in [4.78, 5) is 91.6. The Bertz CT molecular complexity index is 1210. The standard InChI is InChI=1S/C42H76BN3O10/c1-9-10-11-12-13-14-15-16-17-18-19-20-34(49)27-33(28-47)42(55)44-31(5)36(50)21-22-39(53)46(8)40(32(6)48)38(52)26-30(4)41(54)45-35(25-29(2)3)37(51)23-24-43(7)56/h29-33,35,40,47-48,56H,9-28H2,1-8H3,(H,44,55)(H,45,54)/t30-,31-,32?,33-,35+,40+/m1/s1. The molecular weight excluding hydrogens is 717 g/mol. The van der Waals surface area contributed by atoms with Crippen molar-refractivity contribution in [3.05, 3.63) is 0 Å². The van der Waals surface area contributed by atoms with Crippen LogP contribution in [0.1, 0.15) is 157 Å². The van der Waals surface area contributed by atoms with Crippen molar-refractivity contribution in [2.45, 2.75) is 194 Å². The van der Waals surface area contributed by atoms with E-state index < -0.39 is 78.9 Å². The van der Waals surface area contributed by atoms with Crippen LogP contribution in [-0.4, -0.2) is 106 Å². The zero-order chi connectivity index (χ0) is 42.8.